The predicted octanol–water partition coefficient (Wildman–Crippen LogP) is 1.38. The second-order valence-corrected chi connectivity index (χ2v) is 5.20. The zero-order valence-corrected chi connectivity index (χ0v) is 11.1. The highest BCUT2D eigenvalue weighted by molar-refractivity contribution is 5.98. The van der Waals surface area contributed by atoms with Gasteiger partial charge in [-0.1, -0.05) is 12.8 Å². The fourth-order valence-electron chi connectivity index (χ4n) is 2.63. The molecule has 0 saturated heterocycles. The molecule has 2 amide bonds. The Balaban J connectivity index is 2.19. The normalized spacial score (nSPS) is 16.9. The number of nitrogens with two attached hydrogens (primary N) is 2. The van der Waals surface area contributed by atoms with Gasteiger partial charge in [0.05, 0.1) is 11.0 Å². The first-order chi connectivity index (χ1) is 9.48. The van der Waals surface area contributed by atoms with Crippen LogP contribution in [-0.2, 0) is 4.79 Å². The van der Waals surface area contributed by atoms with Gasteiger partial charge in [0.15, 0.2) is 0 Å². The average Bonchev–Trinajstić information content (AvgIpc) is 2.90. The molecule has 0 aliphatic heterocycles. The van der Waals surface area contributed by atoms with Gasteiger partial charge in [0.2, 0.25) is 5.91 Å². The summed E-state index contributed by atoms with van der Waals surface area (Å²) in [6, 6.07) is 3.76. The Hall–Kier alpha value is -1.95. The molecule has 1 aliphatic carbocycles. The molecule has 1 aromatic carbocycles. The van der Waals surface area contributed by atoms with Crippen molar-refractivity contribution in [3.8, 4) is 0 Å². The monoisotopic (exact) mass is 279 g/mol. The molecule has 0 bridgehead atoms. The molecule has 5 nitrogen and oxygen atoms in total. The largest absolute Gasteiger partial charge is 0.366 e. The van der Waals surface area contributed by atoms with Crippen LogP contribution in [0.5, 0.6) is 0 Å². The van der Waals surface area contributed by atoms with Crippen LogP contribution in [0.3, 0.4) is 0 Å². The second kappa shape index (κ2) is 5.58. The number of rotatable bonds is 4. The minimum Gasteiger partial charge on any atom is -0.366 e. The van der Waals surface area contributed by atoms with Crippen molar-refractivity contribution < 1.29 is 14.0 Å². The van der Waals surface area contributed by atoms with Gasteiger partial charge in [-0.05, 0) is 31.0 Å². The summed E-state index contributed by atoms with van der Waals surface area (Å²) >= 11 is 0. The van der Waals surface area contributed by atoms with Crippen molar-refractivity contribution in [2.45, 2.75) is 25.7 Å². The van der Waals surface area contributed by atoms with Crippen LogP contribution in [0.15, 0.2) is 18.2 Å². The van der Waals surface area contributed by atoms with E-state index in [1.807, 2.05) is 0 Å². The molecule has 1 aliphatic rings. The number of benzene rings is 1. The van der Waals surface area contributed by atoms with E-state index in [9.17, 15) is 14.0 Å². The Morgan fingerprint density at radius 3 is 2.50 bits per heavy atom. The molecule has 1 fully saturated rings. The maximum Gasteiger partial charge on any atom is 0.251 e. The molecule has 0 heterocycles. The third-order valence-electron chi connectivity index (χ3n) is 3.92. The average molecular weight is 279 g/mol. The fraction of sp³-hybridized carbons (Fsp3) is 0.429. The standard InChI is InChI=1S/C14H18FN3O2/c15-11-4-3-9(7-10(11)12(17)19)18-13(20)14(8-16)5-1-2-6-14/h3-4,7H,1-2,5-6,8,16H2,(H2,17,19)(H,18,20). The molecule has 1 saturated carbocycles. The van der Waals surface area contributed by atoms with Crippen molar-refractivity contribution in [2.24, 2.45) is 16.9 Å². The molecule has 5 N–H and O–H groups in total. The highest BCUT2D eigenvalue weighted by Gasteiger charge is 2.39. The first-order valence-electron chi connectivity index (χ1n) is 6.59. The van der Waals surface area contributed by atoms with Crippen molar-refractivity contribution in [3.05, 3.63) is 29.6 Å². The minimum atomic E-state index is -0.868. The van der Waals surface area contributed by atoms with Crippen molar-refractivity contribution in [2.75, 3.05) is 11.9 Å². The van der Waals surface area contributed by atoms with Crippen molar-refractivity contribution >= 4 is 17.5 Å². The van der Waals surface area contributed by atoms with Gasteiger partial charge in [0.25, 0.3) is 5.91 Å². The van der Waals surface area contributed by atoms with Gasteiger partial charge in [-0.15, -0.1) is 0 Å². The van der Waals surface area contributed by atoms with E-state index >= 15 is 0 Å². The molecule has 0 spiro atoms. The van der Waals surface area contributed by atoms with Crippen LogP contribution in [0.2, 0.25) is 0 Å². The van der Waals surface area contributed by atoms with Gasteiger partial charge in [-0.2, -0.15) is 0 Å². The number of hydrogen-bond donors (Lipinski definition) is 3. The molecule has 1 aromatic rings. The lowest BCUT2D eigenvalue weighted by Gasteiger charge is -2.25. The lowest BCUT2D eigenvalue weighted by Crippen LogP contribution is -2.40. The van der Waals surface area contributed by atoms with Crippen LogP contribution in [0.4, 0.5) is 10.1 Å². The molecule has 0 unspecified atom stereocenters. The Morgan fingerprint density at radius 1 is 1.30 bits per heavy atom. The summed E-state index contributed by atoms with van der Waals surface area (Å²) in [6.07, 6.45) is 3.44. The number of nitrogens with one attached hydrogen (secondary N) is 1. The van der Waals surface area contributed by atoms with E-state index in [0.29, 0.717) is 5.69 Å². The molecule has 6 heteroatoms. The Labute approximate surface area is 116 Å². The number of amides is 2. The molecular weight excluding hydrogens is 261 g/mol. The number of halogens is 1. The molecule has 2 rings (SSSR count). The van der Waals surface area contributed by atoms with E-state index < -0.39 is 17.1 Å². The van der Waals surface area contributed by atoms with Crippen LogP contribution in [-0.4, -0.2) is 18.4 Å². The van der Waals surface area contributed by atoms with E-state index in [1.165, 1.54) is 12.1 Å². The summed E-state index contributed by atoms with van der Waals surface area (Å²) in [5.74, 6) is -1.75. The summed E-state index contributed by atoms with van der Waals surface area (Å²) in [4.78, 5) is 23.4. The highest BCUT2D eigenvalue weighted by Crippen LogP contribution is 2.38. The summed E-state index contributed by atoms with van der Waals surface area (Å²) < 4.78 is 13.4. The summed E-state index contributed by atoms with van der Waals surface area (Å²) in [5, 5.41) is 2.70. The Kier molecular flexibility index (Phi) is 4.04. The van der Waals surface area contributed by atoms with Gasteiger partial charge >= 0.3 is 0 Å². The lowest BCUT2D eigenvalue weighted by molar-refractivity contribution is -0.124. The fourth-order valence-corrected chi connectivity index (χ4v) is 2.63. The second-order valence-electron chi connectivity index (χ2n) is 5.20. The van der Waals surface area contributed by atoms with Gasteiger partial charge in [0, 0.05) is 12.2 Å². The number of hydrogen-bond acceptors (Lipinski definition) is 3. The first kappa shape index (κ1) is 14.5. The topological polar surface area (TPSA) is 98.2 Å². The highest BCUT2D eigenvalue weighted by atomic mass is 19.1. The van der Waals surface area contributed by atoms with Gasteiger partial charge in [-0.25, -0.2) is 4.39 Å². The van der Waals surface area contributed by atoms with Crippen molar-refractivity contribution in [1.82, 2.24) is 0 Å². The number of carbonyl (C=O) groups excluding carboxylic acids is 2. The zero-order chi connectivity index (χ0) is 14.8. The third kappa shape index (κ3) is 2.65. The van der Waals surface area contributed by atoms with Crippen LogP contribution in [0, 0.1) is 11.2 Å². The molecule has 0 aromatic heterocycles. The van der Waals surface area contributed by atoms with Gasteiger partial charge in [0.1, 0.15) is 5.82 Å². The van der Waals surface area contributed by atoms with E-state index in [1.54, 1.807) is 0 Å². The minimum absolute atomic E-state index is 0.181. The SMILES string of the molecule is NCC1(C(=O)Nc2ccc(F)c(C(N)=O)c2)CCCC1. The van der Waals surface area contributed by atoms with Crippen LogP contribution < -0.4 is 16.8 Å². The maximum atomic E-state index is 13.4. The summed E-state index contributed by atoms with van der Waals surface area (Å²) in [5.41, 5.74) is 10.4. The van der Waals surface area contributed by atoms with E-state index in [-0.39, 0.29) is 18.0 Å². The molecule has 0 atom stereocenters. The molecule has 20 heavy (non-hydrogen) atoms. The molecule has 108 valence electrons. The Morgan fingerprint density at radius 2 is 1.95 bits per heavy atom. The van der Waals surface area contributed by atoms with Gasteiger partial charge < -0.3 is 16.8 Å². The smallest absolute Gasteiger partial charge is 0.251 e. The zero-order valence-electron chi connectivity index (χ0n) is 11.1. The van der Waals surface area contributed by atoms with E-state index in [2.05, 4.69) is 5.32 Å². The third-order valence-corrected chi connectivity index (χ3v) is 3.92. The number of carbonyl (C=O) groups is 2. The van der Waals surface area contributed by atoms with E-state index in [4.69, 9.17) is 11.5 Å². The van der Waals surface area contributed by atoms with Crippen LogP contribution >= 0.6 is 0 Å². The molecule has 0 radical (unpaired) electrons. The van der Waals surface area contributed by atoms with Crippen LogP contribution in [0.25, 0.3) is 0 Å². The summed E-state index contributed by atoms with van der Waals surface area (Å²) in [6.45, 7) is 0.280. The molecular formula is C14H18FN3O2. The van der Waals surface area contributed by atoms with Crippen molar-refractivity contribution in [1.29, 1.82) is 0 Å². The quantitative estimate of drug-likeness (QED) is 0.776. The Bertz CT molecular complexity index is 539. The number of primary amides is 1. The van der Waals surface area contributed by atoms with Crippen molar-refractivity contribution in [3.63, 3.8) is 0 Å². The van der Waals surface area contributed by atoms with Crippen LogP contribution in [0.1, 0.15) is 36.0 Å². The van der Waals surface area contributed by atoms with Gasteiger partial charge in [-0.3, -0.25) is 9.59 Å². The first-order valence-corrected chi connectivity index (χ1v) is 6.59. The maximum absolute atomic E-state index is 13.4. The lowest BCUT2D eigenvalue weighted by atomic mass is 9.85. The predicted molar refractivity (Wildman–Crippen MR) is 73.5 cm³/mol. The summed E-state index contributed by atoms with van der Waals surface area (Å²) in [7, 11) is 0. The van der Waals surface area contributed by atoms with E-state index in [0.717, 1.165) is 31.7 Å². The number of anilines is 1.